The van der Waals surface area contributed by atoms with Crippen molar-refractivity contribution in [3.05, 3.63) is 41.6 Å². The number of rotatable bonds is 5. The van der Waals surface area contributed by atoms with Crippen LogP contribution < -0.4 is 5.32 Å². The number of hydrogen-bond donors (Lipinski definition) is 1. The molecule has 0 radical (unpaired) electrons. The number of aryl methyl sites for hydroxylation is 1. The fourth-order valence-corrected chi connectivity index (χ4v) is 1.91. The van der Waals surface area contributed by atoms with Gasteiger partial charge in [0.1, 0.15) is 0 Å². The average Bonchev–Trinajstić information content (AvgIpc) is 2.88. The molecule has 0 aliphatic heterocycles. The van der Waals surface area contributed by atoms with Crippen LogP contribution in [-0.4, -0.2) is 9.78 Å². The van der Waals surface area contributed by atoms with Gasteiger partial charge in [-0.1, -0.05) is 13.8 Å². The third-order valence-electron chi connectivity index (χ3n) is 2.71. The molecule has 2 aromatic heterocycles. The van der Waals surface area contributed by atoms with Gasteiger partial charge in [0.15, 0.2) is 0 Å². The minimum absolute atomic E-state index is 0.460. The van der Waals surface area contributed by atoms with Gasteiger partial charge in [0.2, 0.25) is 0 Å². The summed E-state index contributed by atoms with van der Waals surface area (Å²) < 4.78 is 6.91. The number of furan rings is 1. The summed E-state index contributed by atoms with van der Waals surface area (Å²) >= 11 is 0. The summed E-state index contributed by atoms with van der Waals surface area (Å²) in [5, 5.41) is 7.88. The molecule has 0 atom stereocenters. The highest BCUT2D eigenvalue weighted by Crippen LogP contribution is 2.17. The van der Waals surface area contributed by atoms with Gasteiger partial charge in [-0.2, -0.15) is 5.10 Å². The van der Waals surface area contributed by atoms with E-state index >= 15 is 0 Å². The van der Waals surface area contributed by atoms with Crippen LogP contribution in [0.5, 0.6) is 0 Å². The van der Waals surface area contributed by atoms with Crippen molar-refractivity contribution in [1.29, 1.82) is 0 Å². The highest BCUT2D eigenvalue weighted by Gasteiger charge is 2.10. The molecule has 2 aromatic rings. The van der Waals surface area contributed by atoms with E-state index in [1.807, 2.05) is 17.8 Å². The lowest BCUT2D eigenvalue weighted by Gasteiger charge is -2.05. The molecule has 17 heavy (non-hydrogen) atoms. The smallest absolute Gasteiger partial charge is 0.0947 e. The van der Waals surface area contributed by atoms with Crippen molar-refractivity contribution in [2.45, 2.75) is 32.9 Å². The van der Waals surface area contributed by atoms with Gasteiger partial charge in [0, 0.05) is 37.5 Å². The number of hydrogen-bond acceptors (Lipinski definition) is 3. The Kier molecular flexibility index (Phi) is 3.64. The molecule has 0 aliphatic rings. The van der Waals surface area contributed by atoms with E-state index in [0.717, 1.165) is 13.1 Å². The lowest BCUT2D eigenvalue weighted by atomic mass is 10.1. The molecule has 0 saturated heterocycles. The molecule has 2 heterocycles. The van der Waals surface area contributed by atoms with E-state index in [9.17, 15) is 0 Å². The Balaban J connectivity index is 1.94. The molecular formula is C13H19N3O. The first-order valence-electron chi connectivity index (χ1n) is 5.91. The van der Waals surface area contributed by atoms with Gasteiger partial charge in [0.25, 0.3) is 0 Å². The second-order valence-corrected chi connectivity index (χ2v) is 4.60. The van der Waals surface area contributed by atoms with Gasteiger partial charge in [-0.15, -0.1) is 0 Å². The molecule has 0 amide bonds. The summed E-state index contributed by atoms with van der Waals surface area (Å²) in [6.45, 7) is 6.00. The van der Waals surface area contributed by atoms with Crippen LogP contribution in [0, 0.1) is 0 Å². The number of nitrogens with one attached hydrogen (secondary N) is 1. The highest BCUT2D eigenvalue weighted by molar-refractivity contribution is 5.20. The van der Waals surface area contributed by atoms with Gasteiger partial charge < -0.3 is 9.73 Å². The van der Waals surface area contributed by atoms with Crippen molar-refractivity contribution in [2.75, 3.05) is 0 Å². The van der Waals surface area contributed by atoms with E-state index in [1.54, 1.807) is 12.5 Å². The monoisotopic (exact) mass is 233 g/mol. The third kappa shape index (κ3) is 2.97. The molecule has 4 nitrogen and oxygen atoms in total. The number of aromatic nitrogens is 2. The second-order valence-electron chi connectivity index (χ2n) is 4.60. The molecule has 0 saturated carbocycles. The Morgan fingerprint density at radius 3 is 2.88 bits per heavy atom. The zero-order chi connectivity index (χ0) is 12.3. The summed E-state index contributed by atoms with van der Waals surface area (Å²) in [5.74, 6) is 0.460. The number of nitrogens with zero attached hydrogens (tertiary/aromatic N) is 2. The molecule has 0 spiro atoms. The Hall–Kier alpha value is -1.55. The summed E-state index contributed by atoms with van der Waals surface area (Å²) in [5.41, 5.74) is 3.61. The van der Waals surface area contributed by atoms with Crippen LogP contribution in [0.15, 0.2) is 29.2 Å². The minimum atomic E-state index is 0.460. The van der Waals surface area contributed by atoms with E-state index < -0.39 is 0 Å². The van der Waals surface area contributed by atoms with Crippen molar-refractivity contribution in [1.82, 2.24) is 15.1 Å². The first-order chi connectivity index (χ1) is 8.16. The zero-order valence-corrected chi connectivity index (χ0v) is 10.6. The second kappa shape index (κ2) is 5.19. The molecule has 0 aromatic carbocycles. The Morgan fingerprint density at radius 1 is 1.41 bits per heavy atom. The normalized spacial score (nSPS) is 11.3. The SMILES string of the molecule is CC(C)c1nn(C)cc1CNCc1ccoc1. The van der Waals surface area contributed by atoms with E-state index in [4.69, 9.17) is 4.42 Å². The molecule has 4 heteroatoms. The Bertz CT molecular complexity index is 457. The van der Waals surface area contributed by atoms with Crippen molar-refractivity contribution in [3.8, 4) is 0 Å². The van der Waals surface area contributed by atoms with Crippen LogP contribution in [-0.2, 0) is 20.1 Å². The maximum atomic E-state index is 5.03. The van der Waals surface area contributed by atoms with Crippen molar-refractivity contribution >= 4 is 0 Å². The van der Waals surface area contributed by atoms with Crippen LogP contribution in [0.1, 0.15) is 36.6 Å². The fraction of sp³-hybridized carbons (Fsp3) is 0.462. The van der Waals surface area contributed by atoms with Gasteiger partial charge in [-0.05, 0) is 12.0 Å². The summed E-state index contributed by atoms with van der Waals surface area (Å²) in [6.07, 6.45) is 5.54. The Morgan fingerprint density at radius 2 is 2.24 bits per heavy atom. The van der Waals surface area contributed by atoms with Crippen LogP contribution in [0.2, 0.25) is 0 Å². The third-order valence-corrected chi connectivity index (χ3v) is 2.71. The Labute approximate surface area is 102 Å². The molecule has 0 fully saturated rings. The van der Waals surface area contributed by atoms with E-state index in [1.165, 1.54) is 16.8 Å². The van der Waals surface area contributed by atoms with Crippen molar-refractivity contribution in [3.63, 3.8) is 0 Å². The lowest BCUT2D eigenvalue weighted by molar-refractivity contribution is 0.560. The first-order valence-corrected chi connectivity index (χ1v) is 5.91. The average molecular weight is 233 g/mol. The molecule has 2 rings (SSSR count). The minimum Gasteiger partial charge on any atom is -0.472 e. The molecule has 92 valence electrons. The van der Waals surface area contributed by atoms with Crippen LogP contribution >= 0.6 is 0 Å². The summed E-state index contributed by atoms with van der Waals surface area (Å²) in [7, 11) is 1.96. The van der Waals surface area contributed by atoms with Crippen molar-refractivity contribution in [2.24, 2.45) is 7.05 Å². The maximum absolute atomic E-state index is 5.03. The standard InChI is InChI=1S/C13H19N3O/c1-10(2)13-12(8-16(3)15-13)7-14-6-11-4-5-17-9-11/h4-5,8-10,14H,6-7H2,1-3H3. The summed E-state index contributed by atoms with van der Waals surface area (Å²) in [6, 6.07) is 1.97. The fourth-order valence-electron chi connectivity index (χ4n) is 1.91. The molecule has 0 aliphatic carbocycles. The van der Waals surface area contributed by atoms with Crippen LogP contribution in [0.25, 0.3) is 0 Å². The first kappa shape index (κ1) is 11.9. The van der Waals surface area contributed by atoms with Gasteiger partial charge in [-0.3, -0.25) is 4.68 Å². The summed E-state index contributed by atoms with van der Waals surface area (Å²) in [4.78, 5) is 0. The van der Waals surface area contributed by atoms with Gasteiger partial charge >= 0.3 is 0 Å². The largest absolute Gasteiger partial charge is 0.472 e. The van der Waals surface area contributed by atoms with E-state index in [-0.39, 0.29) is 0 Å². The van der Waals surface area contributed by atoms with Crippen LogP contribution in [0.3, 0.4) is 0 Å². The predicted octanol–water partition coefficient (Wildman–Crippen LogP) is 2.43. The lowest BCUT2D eigenvalue weighted by Crippen LogP contribution is -2.13. The highest BCUT2D eigenvalue weighted by atomic mass is 16.3. The topological polar surface area (TPSA) is 43.0 Å². The molecule has 0 unspecified atom stereocenters. The van der Waals surface area contributed by atoms with E-state index in [2.05, 4.69) is 30.5 Å². The van der Waals surface area contributed by atoms with Gasteiger partial charge in [0.05, 0.1) is 18.2 Å². The maximum Gasteiger partial charge on any atom is 0.0947 e. The molecular weight excluding hydrogens is 214 g/mol. The molecule has 1 N–H and O–H groups in total. The van der Waals surface area contributed by atoms with E-state index in [0.29, 0.717) is 5.92 Å². The van der Waals surface area contributed by atoms with Crippen molar-refractivity contribution < 1.29 is 4.42 Å². The molecule has 0 bridgehead atoms. The quantitative estimate of drug-likeness (QED) is 0.862. The van der Waals surface area contributed by atoms with Gasteiger partial charge in [-0.25, -0.2) is 0 Å². The zero-order valence-electron chi connectivity index (χ0n) is 10.6. The van der Waals surface area contributed by atoms with Crippen LogP contribution in [0.4, 0.5) is 0 Å². The predicted molar refractivity (Wildman–Crippen MR) is 66.5 cm³/mol.